The molecule has 3 fully saturated rings. The van der Waals surface area contributed by atoms with E-state index in [0.29, 0.717) is 0 Å². The highest BCUT2D eigenvalue weighted by Gasteiger charge is 2.81. The van der Waals surface area contributed by atoms with Crippen LogP contribution in [0.3, 0.4) is 0 Å². The van der Waals surface area contributed by atoms with Crippen LogP contribution in [0.4, 0.5) is 4.79 Å². The second kappa shape index (κ2) is 16.2. The summed E-state index contributed by atoms with van der Waals surface area (Å²) in [6.45, 7) is -5.34. The van der Waals surface area contributed by atoms with Gasteiger partial charge in [-0.25, -0.2) is 14.4 Å². The third kappa shape index (κ3) is 7.55. The van der Waals surface area contributed by atoms with Crippen LogP contribution >= 0.6 is 0 Å². The number of nitrogens with one attached hydrogen (secondary N) is 1. The monoisotopic (exact) mass is 861 g/mol. The first-order chi connectivity index (χ1) is 33.3. The van der Waals surface area contributed by atoms with Crippen LogP contribution in [0.1, 0.15) is 113 Å². The Kier molecular flexibility index (Phi) is 8.53. The predicted octanol–water partition coefficient (Wildman–Crippen LogP) is 4.55. The van der Waals surface area contributed by atoms with Gasteiger partial charge in [-0.15, -0.1) is 0 Å². The van der Waals surface area contributed by atoms with E-state index in [1.54, 1.807) is 6.07 Å². The number of fused-ring (bicyclic) bond motifs is 5. The van der Waals surface area contributed by atoms with Gasteiger partial charge in [0.1, 0.15) is 29.0 Å². The molecule has 2 aromatic carbocycles. The van der Waals surface area contributed by atoms with Crippen LogP contribution in [0.5, 0.6) is 0 Å². The summed E-state index contributed by atoms with van der Waals surface area (Å²) in [5.41, 5.74) is -14.7. The minimum atomic E-state index is -4.13. The number of amides is 1. The number of benzene rings is 2. The molecular weight excluding hydrogens is 790 g/mol. The van der Waals surface area contributed by atoms with Gasteiger partial charge in [0, 0.05) is 44.6 Å². The van der Waals surface area contributed by atoms with Gasteiger partial charge >= 0.3 is 24.0 Å². The number of Topliss-reactive ketones (excluding diaryl/α,β-unsaturated/α-hetero) is 1. The van der Waals surface area contributed by atoms with Crippen LogP contribution in [0.2, 0.25) is 0 Å². The Labute approximate surface area is 372 Å². The Morgan fingerprint density at radius 2 is 1.62 bits per heavy atom. The summed E-state index contributed by atoms with van der Waals surface area (Å²) in [5.74, 6) is -7.98. The molecule has 1 saturated heterocycles. The molecule has 1 amide bonds. The summed E-state index contributed by atoms with van der Waals surface area (Å²) >= 11 is 0. The minimum Gasteiger partial charge on any atom is -0.456 e. The number of aliphatic hydroxyl groups excluding tert-OH is 2. The standard InChI is InChI=1S/C46H59NO14/c1-25-30(58-39(53)34(50)33(27-17-13-11-14-18-27)47-40(54)61-41(3,4)5)21-45(55)37(59-38(52)28-19-15-12-16-20-28)35-44(9,36(51)29(23-48)32(25)42(45,6)7)31(56-10)22-43(8)46(35,24-57-43)60-26(2)49/h11-20,29-31,33-35,37,48,50,55H,21-24H2,1-10H3,(H,47,54)/t29-,30+,31+,33+,34-,35+,37+,43-,44-,45-,46-/m1/s1/i3D3,4D3,5D3,10D3. The predicted molar refractivity (Wildman–Crippen MR) is 218 cm³/mol. The lowest BCUT2D eigenvalue weighted by atomic mass is 9.42. The molecule has 15 heteroatoms. The first-order valence-electron chi connectivity index (χ1n) is 25.6. The zero-order valence-corrected chi connectivity index (χ0v) is 34.5. The Morgan fingerprint density at radius 3 is 2.18 bits per heavy atom. The maximum Gasteiger partial charge on any atom is 0.408 e. The first-order valence-corrected chi connectivity index (χ1v) is 19.6. The third-order valence-corrected chi connectivity index (χ3v) is 13.4. The zero-order chi connectivity index (χ0) is 55.1. The van der Waals surface area contributed by atoms with Crippen LogP contribution in [0.25, 0.3) is 0 Å². The fraction of sp³-hybridized carbons (Fsp3) is 0.587. The number of alkyl carbamates (subject to hydrolysis) is 1. The molecule has 0 radical (unpaired) electrons. The van der Waals surface area contributed by atoms with Crippen molar-refractivity contribution in [3.8, 4) is 0 Å². The molecule has 6 rings (SSSR count). The molecule has 1 aliphatic heterocycles. The van der Waals surface area contributed by atoms with Crippen molar-refractivity contribution in [1.82, 2.24) is 5.32 Å². The van der Waals surface area contributed by atoms with Gasteiger partial charge in [-0.3, -0.25) is 9.59 Å². The largest absolute Gasteiger partial charge is 0.456 e. The zero-order valence-electron chi connectivity index (χ0n) is 46.5. The normalized spacial score (nSPS) is 37.6. The van der Waals surface area contributed by atoms with Crippen LogP contribution < -0.4 is 5.32 Å². The summed E-state index contributed by atoms with van der Waals surface area (Å²) in [6, 6.07) is 12.2. The number of ketones is 1. The number of esters is 3. The van der Waals surface area contributed by atoms with Crippen molar-refractivity contribution >= 4 is 29.8 Å². The molecule has 2 bridgehead atoms. The molecule has 4 aliphatic rings. The lowest BCUT2D eigenvalue weighted by molar-refractivity contribution is -0.384. The molecule has 2 aromatic rings. The average Bonchev–Trinajstić information content (AvgIpc) is 3.26. The molecule has 0 aromatic heterocycles. The smallest absolute Gasteiger partial charge is 0.408 e. The van der Waals surface area contributed by atoms with Crippen molar-refractivity contribution in [2.75, 3.05) is 20.3 Å². The molecule has 0 unspecified atom stereocenters. The fourth-order valence-corrected chi connectivity index (χ4v) is 10.3. The van der Waals surface area contributed by atoms with Gasteiger partial charge < -0.3 is 49.1 Å². The molecule has 11 atom stereocenters. The Hall–Kier alpha value is -4.67. The summed E-state index contributed by atoms with van der Waals surface area (Å²) in [5, 5.41) is 39.1. The number of rotatable bonds is 10. The van der Waals surface area contributed by atoms with E-state index in [0.717, 1.165) is 6.92 Å². The highest BCUT2D eigenvalue weighted by molar-refractivity contribution is 5.93. The highest BCUT2D eigenvalue weighted by Crippen LogP contribution is 2.67. The maximum atomic E-state index is 15.8. The summed E-state index contributed by atoms with van der Waals surface area (Å²) in [7, 11) is -3.19. The number of aliphatic hydroxyl groups is 3. The molecule has 4 N–H and O–H groups in total. The number of carbonyl (C=O) groups is 5. The second-order valence-electron chi connectivity index (χ2n) is 17.2. The number of ether oxygens (including phenoxy) is 6. The first kappa shape index (κ1) is 32.1. The second-order valence-corrected chi connectivity index (χ2v) is 17.2. The molecule has 61 heavy (non-hydrogen) atoms. The van der Waals surface area contributed by atoms with Crippen molar-refractivity contribution in [3.63, 3.8) is 0 Å². The van der Waals surface area contributed by atoms with Crippen LogP contribution in [-0.2, 0) is 42.8 Å². The quantitative estimate of drug-likeness (QED) is 0.147. The third-order valence-electron chi connectivity index (χ3n) is 13.4. The van der Waals surface area contributed by atoms with E-state index in [2.05, 4.69) is 0 Å². The SMILES string of the molecule is [2H]C([2H])([2H])O[C@H]1C[C@@]2(C)OC[C@@]2(OC(C)=O)[C@H]2[C@H](OC(=O)c3ccccc3)[C@]3(O)C[C@H](OC(=O)[C@H](O)[C@@H](NC(=O)OC(C([2H])([2H])[2H])(C([2H])([2H])[2H])C([2H])([2H])[2H])c4ccccc4)C(C)=C([C@@H](CO)C(=O)[C@]12C)C3(C)C. The van der Waals surface area contributed by atoms with Gasteiger partial charge in [-0.05, 0) is 70.2 Å². The molecule has 0 spiro atoms. The van der Waals surface area contributed by atoms with Gasteiger partial charge in [0.05, 0.1) is 52.3 Å². The molecule has 3 aliphatic carbocycles. The van der Waals surface area contributed by atoms with E-state index < -0.39 is 159 Å². The van der Waals surface area contributed by atoms with Gasteiger partial charge in [-0.1, -0.05) is 62.4 Å². The van der Waals surface area contributed by atoms with Crippen molar-refractivity contribution < 1.29 is 84.2 Å². The van der Waals surface area contributed by atoms with Crippen molar-refractivity contribution in [3.05, 3.63) is 82.9 Å². The number of hydrogen-bond acceptors (Lipinski definition) is 14. The number of carbonyl (C=O) groups excluding carboxylic acids is 5. The van der Waals surface area contributed by atoms with Gasteiger partial charge in [-0.2, -0.15) is 0 Å². The van der Waals surface area contributed by atoms with E-state index in [4.69, 9.17) is 44.9 Å². The average molecular weight is 862 g/mol. The van der Waals surface area contributed by atoms with Gasteiger partial charge in [0.25, 0.3) is 0 Å². The lowest BCUT2D eigenvalue weighted by Crippen LogP contribution is -2.85. The van der Waals surface area contributed by atoms with Crippen molar-refractivity contribution in [1.29, 1.82) is 0 Å². The number of hydrogen-bond donors (Lipinski definition) is 4. The van der Waals surface area contributed by atoms with E-state index in [1.165, 1.54) is 89.2 Å². The molecule has 332 valence electrons. The fourth-order valence-electron chi connectivity index (χ4n) is 10.3. The van der Waals surface area contributed by atoms with Crippen molar-refractivity contribution in [2.45, 2.75) is 128 Å². The van der Waals surface area contributed by atoms with E-state index >= 15 is 4.79 Å². The van der Waals surface area contributed by atoms with E-state index in [1.807, 2.05) is 5.32 Å². The summed E-state index contributed by atoms with van der Waals surface area (Å²) in [4.78, 5) is 71.8. The molecule has 1 heterocycles. The lowest BCUT2D eigenvalue weighted by Gasteiger charge is -2.71. The minimum absolute atomic E-state index is 0.00914. The molecule has 2 saturated carbocycles. The van der Waals surface area contributed by atoms with Gasteiger partial charge in [0.15, 0.2) is 17.5 Å². The number of methoxy groups -OCH3 is 1. The highest BCUT2D eigenvalue weighted by atomic mass is 16.6. The summed E-state index contributed by atoms with van der Waals surface area (Å²) in [6.07, 6.45) is -11.2. The summed E-state index contributed by atoms with van der Waals surface area (Å²) < 4.78 is 131. The maximum absolute atomic E-state index is 15.8. The Morgan fingerprint density at radius 1 is 0.984 bits per heavy atom. The molecular formula is C46H59NO14. The van der Waals surface area contributed by atoms with Crippen LogP contribution in [-0.4, -0.2) is 112 Å². The van der Waals surface area contributed by atoms with Gasteiger partial charge in [0.2, 0.25) is 0 Å². The van der Waals surface area contributed by atoms with Crippen LogP contribution in [0.15, 0.2) is 71.8 Å². The topological polar surface area (TPSA) is 213 Å². The Balaban J connectivity index is 1.53. The van der Waals surface area contributed by atoms with Crippen LogP contribution in [0, 0.1) is 22.7 Å². The van der Waals surface area contributed by atoms with E-state index in [9.17, 15) is 34.5 Å². The van der Waals surface area contributed by atoms with E-state index in [-0.39, 0.29) is 22.3 Å². The molecule has 15 nitrogen and oxygen atoms in total. The van der Waals surface area contributed by atoms with Crippen molar-refractivity contribution in [2.24, 2.45) is 22.7 Å². The Bertz CT molecular complexity index is 2460.